The topological polar surface area (TPSA) is 66.5 Å². The van der Waals surface area contributed by atoms with Crippen molar-refractivity contribution in [2.75, 3.05) is 13.1 Å². The summed E-state index contributed by atoms with van der Waals surface area (Å²) in [5.41, 5.74) is 1.13. The molecule has 2 aromatic carbocycles. The predicted octanol–water partition coefficient (Wildman–Crippen LogP) is 4.66. The van der Waals surface area contributed by atoms with Crippen LogP contribution in [0.4, 0.5) is 0 Å². The van der Waals surface area contributed by atoms with Gasteiger partial charge in [-0.15, -0.1) is 0 Å². The molecule has 2 aliphatic rings. The van der Waals surface area contributed by atoms with Crippen LogP contribution in [0.25, 0.3) is 0 Å². The van der Waals surface area contributed by atoms with Gasteiger partial charge in [0.25, 0.3) is 0 Å². The Kier molecular flexibility index (Phi) is 6.39. The average molecular weight is 467 g/mol. The van der Waals surface area contributed by atoms with Gasteiger partial charge in [-0.3, -0.25) is 4.79 Å². The first-order valence-corrected chi connectivity index (χ1v) is 12.4. The zero-order valence-electron chi connectivity index (χ0n) is 16.4. The number of nitrogens with zero attached hydrogens (tertiary/aromatic N) is 1. The van der Waals surface area contributed by atoms with Crippen LogP contribution in [0.1, 0.15) is 37.3 Å². The second-order valence-electron chi connectivity index (χ2n) is 7.96. The molecule has 2 aromatic rings. The second kappa shape index (κ2) is 8.87. The molecule has 0 radical (unpaired) electrons. The molecule has 0 unspecified atom stereocenters. The summed E-state index contributed by atoms with van der Waals surface area (Å²) in [6, 6.07) is 14.7. The van der Waals surface area contributed by atoms with Gasteiger partial charge in [0.15, 0.2) is 0 Å². The highest BCUT2D eigenvalue weighted by Gasteiger charge is 2.37. The van der Waals surface area contributed by atoms with Gasteiger partial charge in [-0.1, -0.05) is 59.6 Å². The number of sulfonamides is 1. The highest BCUT2D eigenvalue weighted by Crippen LogP contribution is 2.41. The molecule has 1 saturated carbocycles. The van der Waals surface area contributed by atoms with Crippen LogP contribution < -0.4 is 5.32 Å². The van der Waals surface area contributed by atoms with Gasteiger partial charge in [0.1, 0.15) is 4.90 Å². The number of piperidine rings is 1. The fourth-order valence-electron chi connectivity index (χ4n) is 4.02. The maximum absolute atomic E-state index is 13.0. The van der Waals surface area contributed by atoms with Gasteiger partial charge in [-0.2, -0.15) is 4.31 Å². The molecule has 1 aliphatic heterocycles. The third-order valence-corrected chi connectivity index (χ3v) is 8.78. The Morgan fingerprint density at radius 2 is 1.63 bits per heavy atom. The normalized spacial score (nSPS) is 19.4. The van der Waals surface area contributed by atoms with E-state index in [0.717, 1.165) is 18.4 Å². The summed E-state index contributed by atoms with van der Waals surface area (Å²) < 4.78 is 27.4. The molecule has 1 saturated heterocycles. The molecule has 8 heteroatoms. The maximum Gasteiger partial charge on any atom is 0.244 e. The number of halogens is 2. The molecule has 30 heavy (non-hydrogen) atoms. The summed E-state index contributed by atoms with van der Waals surface area (Å²) >= 11 is 12.1. The maximum atomic E-state index is 13.0. The average Bonchev–Trinajstić information content (AvgIpc) is 3.59. The Balaban J connectivity index is 1.40. The first-order chi connectivity index (χ1) is 14.4. The quantitative estimate of drug-likeness (QED) is 0.672. The molecule has 0 bridgehead atoms. The fraction of sp³-hybridized carbons (Fsp3) is 0.409. The molecule has 1 amide bonds. The molecule has 0 spiro atoms. The zero-order valence-corrected chi connectivity index (χ0v) is 18.8. The number of rotatable bonds is 6. The summed E-state index contributed by atoms with van der Waals surface area (Å²) in [5.74, 6) is 0.298. The van der Waals surface area contributed by atoms with Crippen LogP contribution in [0.3, 0.4) is 0 Å². The molecule has 1 N–H and O–H groups in total. The second-order valence-corrected chi connectivity index (χ2v) is 10.7. The summed E-state index contributed by atoms with van der Waals surface area (Å²) in [6.45, 7) is 0.561. The van der Waals surface area contributed by atoms with E-state index >= 15 is 0 Å². The van der Waals surface area contributed by atoms with Crippen molar-refractivity contribution in [2.24, 2.45) is 11.8 Å². The first kappa shape index (κ1) is 21.6. The molecule has 0 aromatic heterocycles. The predicted molar refractivity (Wildman–Crippen MR) is 118 cm³/mol. The van der Waals surface area contributed by atoms with E-state index in [2.05, 4.69) is 5.32 Å². The van der Waals surface area contributed by atoms with Crippen LogP contribution in [0.2, 0.25) is 10.0 Å². The summed E-state index contributed by atoms with van der Waals surface area (Å²) in [5, 5.41) is 3.47. The van der Waals surface area contributed by atoms with Gasteiger partial charge in [-0.25, -0.2) is 8.42 Å². The minimum absolute atomic E-state index is 0.00795. The van der Waals surface area contributed by atoms with Crippen molar-refractivity contribution in [3.63, 3.8) is 0 Å². The largest absolute Gasteiger partial charge is 0.349 e. The van der Waals surface area contributed by atoms with E-state index in [-0.39, 0.29) is 45.9 Å². The van der Waals surface area contributed by atoms with Crippen molar-refractivity contribution >= 4 is 39.1 Å². The van der Waals surface area contributed by atoms with Crippen molar-refractivity contribution in [3.05, 3.63) is 64.1 Å². The van der Waals surface area contributed by atoms with Gasteiger partial charge in [-0.05, 0) is 49.3 Å². The van der Waals surface area contributed by atoms with Crippen molar-refractivity contribution in [2.45, 2.75) is 36.6 Å². The lowest BCUT2D eigenvalue weighted by molar-refractivity contribution is -0.127. The SMILES string of the molecule is O=C(N[C@H](c1ccccc1)C1CC1)C1CCN(S(=O)(=O)c2cccc(Cl)c2Cl)CC1. The minimum Gasteiger partial charge on any atom is -0.349 e. The first-order valence-electron chi connectivity index (χ1n) is 10.2. The third-order valence-electron chi connectivity index (χ3n) is 5.91. The van der Waals surface area contributed by atoms with Crippen molar-refractivity contribution < 1.29 is 13.2 Å². The molecule has 2 fully saturated rings. The fourth-order valence-corrected chi connectivity index (χ4v) is 6.22. The van der Waals surface area contributed by atoms with Gasteiger partial charge in [0.2, 0.25) is 15.9 Å². The molecule has 1 atom stereocenters. The van der Waals surface area contributed by atoms with E-state index in [1.54, 1.807) is 12.1 Å². The van der Waals surface area contributed by atoms with Gasteiger partial charge < -0.3 is 5.32 Å². The van der Waals surface area contributed by atoms with Crippen molar-refractivity contribution in [1.29, 1.82) is 0 Å². The van der Waals surface area contributed by atoms with Crippen LogP contribution in [0, 0.1) is 11.8 Å². The van der Waals surface area contributed by atoms with Gasteiger partial charge >= 0.3 is 0 Å². The highest BCUT2D eigenvalue weighted by molar-refractivity contribution is 7.89. The van der Waals surface area contributed by atoms with Gasteiger partial charge in [0, 0.05) is 19.0 Å². The lowest BCUT2D eigenvalue weighted by Gasteiger charge is -2.32. The molecule has 5 nitrogen and oxygen atoms in total. The smallest absolute Gasteiger partial charge is 0.244 e. The monoisotopic (exact) mass is 466 g/mol. The Morgan fingerprint density at radius 3 is 2.27 bits per heavy atom. The lowest BCUT2D eigenvalue weighted by atomic mass is 9.95. The Bertz CT molecular complexity index is 1020. The number of benzene rings is 2. The standard InChI is InChI=1S/C22H24Cl2N2O3S/c23-18-7-4-8-19(20(18)24)30(28,29)26-13-11-17(12-14-26)22(27)25-21(16-9-10-16)15-5-2-1-3-6-15/h1-8,16-17,21H,9-14H2,(H,25,27)/t21-/m1/s1. The lowest BCUT2D eigenvalue weighted by Crippen LogP contribution is -2.44. The number of hydrogen-bond acceptors (Lipinski definition) is 3. The van der Waals surface area contributed by atoms with E-state index in [4.69, 9.17) is 23.2 Å². The number of carbonyl (C=O) groups excluding carboxylic acids is 1. The number of carbonyl (C=O) groups is 1. The highest BCUT2D eigenvalue weighted by atomic mass is 35.5. The van der Waals surface area contributed by atoms with Crippen LogP contribution in [-0.2, 0) is 14.8 Å². The summed E-state index contributed by atoms with van der Waals surface area (Å²) in [4.78, 5) is 12.9. The van der Waals surface area contributed by atoms with E-state index in [9.17, 15) is 13.2 Å². The Morgan fingerprint density at radius 1 is 0.967 bits per heavy atom. The molecule has 1 heterocycles. The van der Waals surface area contributed by atoms with E-state index < -0.39 is 10.0 Å². The van der Waals surface area contributed by atoms with E-state index in [1.165, 1.54) is 10.4 Å². The zero-order chi connectivity index (χ0) is 21.3. The van der Waals surface area contributed by atoms with Crippen LogP contribution in [-0.4, -0.2) is 31.7 Å². The molecule has 160 valence electrons. The van der Waals surface area contributed by atoms with Crippen LogP contribution in [0.5, 0.6) is 0 Å². The number of nitrogens with one attached hydrogen (secondary N) is 1. The molecular weight excluding hydrogens is 443 g/mol. The minimum atomic E-state index is -3.75. The van der Waals surface area contributed by atoms with Crippen LogP contribution in [0.15, 0.2) is 53.4 Å². The molecule has 4 rings (SSSR count). The number of hydrogen-bond donors (Lipinski definition) is 1. The Labute approximate surface area is 187 Å². The molecular formula is C22H24Cl2N2O3S. The number of amides is 1. The van der Waals surface area contributed by atoms with E-state index in [1.807, 2.05) is 30.3 Å². The van der Waals surface area contributed by atoms with Crippen LogP contribution >= 0.6 is 23.2 Å². The van der Waals surface area contributed by atoms with Gasteiger partial charge in [0.05, 0.1) is 16.1 Å². The van der Waals surface area contributed by atoms with Crippen molar-refractivity contribution in [1.82, 2.24) is 9.62 Å². The summed E-state index contributed by atoms with van der Waals surface area (Å²) in [7, 11) is -3.75. The summed E-state index contributed by atoms with van der Waals surface area (Å²) in [6.07, 6.45) is 3.21. The third kappa shape index (κ3) is 4.52. The Hall–Kier alpha value is -1.60. The molecule has 1 aliphatic carbocycles. The van der Waals surface area contributed by atoms with E-state index in [0.29, 0.717) is 18.8 Å². The van der Waals surface area contributed by atoms with Crippen molar-refractivity contribution in [3.8, 4) is 0 Å².